The van der Waals surface area contributed by atoms with Gasteiger partial charge >= 0.3 is 0 Å². The molecule has 0 radical (unpaired) electrons. The highest BCUT2D eigenvalue weighted by Gasteiger charge is 2.14. The van der Waals surface area contributed by atoms with Crippen molar-refractivity contribution in [1.29, 1.82) is 0 Å². The van der Waals surface area contributed by atoms with Crippen LogP contribution in [0.25, 0.3) is 5.69 Å². The number of methoxy groups -OCH3 is 1. The second-order valence-electron chi connectivity index (χ2n) is 5.77. The minimum atomic E-state index is -0.435. The lowest BCUT2D eigenvalue weighted by atomic mass is 10.1. The molecule has 1 amide bonds. The fraction of sp³-hybridized carbons (Fsp3) is 0.150. The number of carbonyl (C=O) groups excluding carboxylic acids is 1. The first-order chi connectivity index (χ1) is 12.1. The number of amides is 1. The third-order valence-electron chi connectivity index (χ3n) is 3.98. The van der Waals surface area contributed by atoms with Crippen molar-refractivity contribution in [3.05, 3.63) is 83.9 Å². The van der Waals surface area contributed by atoms with Crippen LogP contribution in [0.15, 0.2) is 67.0 Å². The number of rotatable bonds is 5. The summed E-state index contributed by atoms with van der Waals surface area (Å²) in [4.78, 5) is 14.2. The van der Waals surface area contributed by atoms with Gasteiger partial charge in [-0.2, -0.15) is 0 Å². The number of benzene rings is 2. The smallest absolute Gasteiger partial charge is 0.253 e. The molecule has 3 aromatic rings. The van der Waals surface area contributed by atoms with Gasteiger partial charge in [-0.25, -0.2) is 4.39 Å². The summed E-state index contributed by atoms with van der Waals surface area (Å²) in [6, 6.07) is 16.0. The molecule has 0 saturated heterocycles. The van der Waals surface area contributed by atoms with Gasteiger partial charge in [0.15, 0.2) is 11.6 Å². The number of carbonyl (C=O) groups is 1. The SMILES string of the molecule is COc1ccc(CN(C)C(=O)c2cccc(-n3cccc3)c2)cc1F. The molecule has 0 bridgehead atoms. The average Bonchev–Trinajstić information content (AvgIpc) is 3.16. The maximum absolute atomic E-state index is 13.8. The van der Waals surface area contributed by atoms with Crippen LogP contribution in [0.1, 0.15) is 15.9 Å². The normalized spacial score (nSPS) is 10.5. The number of hydrogen-bond donors (Lipinski definition) is 0. The lowest BCUT2D eigenvalue weighted by Gasteiger charge is -2.18. The summed E-state index contributed by atoms with van der Waals surface area (Å²) in [5.74, 6) is -0.363. The van der Waals surface area contributed by atoms with Crippen LogP contribution in [0.2, 0.25) is 0 Å². The first kappa shape index (κ1) is 16.8. The summed E-state index contributed by atoms with van der Waals surface area (Å²) in [6.07, 6.45) is 3.85. The van der Waals surface area contributed by atoms with Crippen LogP contribution >= 0.6 is 0 Å². The van der Waals surface area contributed by atoms with E-state index in [-0.39, 0.29) is 11.7 Å². The number of aromatic nitrogens is 1. The third kappa shape index (κ3) is 3.71. The van der Waals surface area contributed by atoms with Crippen LogP contribution in [0.5, 0.6) is 5.75 Å². The van der Waals surface area contributed by atoms with Gasteiger partial charge in [-0.3, -0.25) is 4.79 Å². The number of ether oxygens (including phenoxy) is 1. The summed E-state index contributed by atoms with van der Waals surface area (Å²) < 4.78 is 20.7. The van der Waals surface area contributed by atoms with Crippen molar-refractivity contribution in [3.8, 4) is 11.4 Å². The average molecular weight is 338 g/mol. The van der Waals surface area contributed by atoms with Crippen molar-refractivity contribution >= 4 is 5.91 Å². The Balaban J connectivity index is 1.76. The van der Waals surface area contributed by atoms with E-state index in [4.69, 9.17) is 4.74 Å². The highest BCUT2D eigenvalue weighted by Crippen LogP contribution is 2.19. The van der Waals surface area contributed by atoms with E-state index in [1.54, 1.807) is 30.1 Å². The van der Waals surface area contributed by atoms with Crippen LogP contribution in [0, 0.1) is 5.82 Å². The topological polar surface area (TPSA) is 34.5 Å². The number of nitrogens with zero attached hydrogens (tertiary/aromatic N) is 2. The van der Waals surface area contributed by atoms with E-state index in [2.05, 4.69) is 0 Å². The Labute approximate surface area is 146 Å². The molecule has 0 atom stereocenters. The molecule has 25 heavy (non-hydrogen) atoms. The predicted octanol–water partition coefficient (Wildman–Crippen LogP) is 3.90. The molecule has 0 aliphatic heterocycles. The Bertz CT molecular complexity index is 875. The molecule has 0 N–H and O–H groups in total. The van der Waals surface area contributed by atoms with Crippen LogP contribution in [0.3, 0.4) is 0 Å². The van der Waals surface area contributed by atoms with Crippen LogP contribution in [-0.2, 0) is 6.54 Å². The second-order valence-corrected chi connectivity index (χ2v) is 5.77. The Morgan fingerprint density at radius 3 is 2.56 bits per heavy atom. The van der Waals surface area contributed by atoms with Crippen molar-refractivity contribution in [2.24, 2.45) is 0 Å². The molecule has 0 saturated carbocycles. The number of hydrogen-bond acceptors (Lipinski definition) is 2. The van der Waals surface area contributed by atoms with Gasteiger partial charge in [0.05, 0.1) is 7.11 Å². The maximum Gasteiger partial charge on any atom is 0.253 e. The molecule has 0 fully saturated rings. The van der Waals surface area contributed by atoms with Gasteiger partial charge < -0.3 is 14.2 Å². The first-order valence-corrected chi connectivity index (χ1v) is 7.90. The molecule has 0 spiro atoms. The summed E-state index contributed by atoms with van der Waals surface area (Å²) >= 11 is 0. The van der Waals surface area contributed by atoms with Crippen molar-refractivity contribution in [2.45, 2.75) is 6.54 Å². The molecule has 0 aliphatic carbocycles. The molecular formula is C20H19FN2O2. The van der Waals surface area contributed by atoms with E-state index in [0.29, 0.717) is 17.7 Å². The zero-order valence-electron chi connectivity index (χ0n) is 14.1. The molecule has 4 nitrogen and oxygen atoms in total. The van der Waals surface area contributed by atoms with E-state index in [9.17, 15) is 9.18 Å². The standard InChI is InChI=1S/C20H19FN2O2/c1-22(14-15-8-9-19(25-2)18(21)12-15)20(24)16-6-5-7-17(13-16)23-10-3-4-11-23/h3-13H,14H2,1-2H3. The molecule has 128 valence electrons. The van der Waals surface area contributed by atoms with Crippen LogP contribution < -0.4 is 4.74 Å². The third-order valence-corrected chi connectivity index (χ3v) is 3.98. The van der Waals surface area contributed by atoms with E-state index < -0.39 is 5.82 Å². The summed E-state index contributed by atoms with van der Waals surface area (Å²) in [6.45, 7) is 0.313. The minimum Gasteiger partial charge on any atom is -0.494 e. The highest BCUT2D eigenvalue weighted by atomic mass is 19.1. The van der Waals surface area contributed by atoms with E-state index >= 15 is 0 Å². The molecule has 0 aliphatic rings. The quantitative estimate of drug-likeness (QED) is 0.707. The fourth-order valence-electron chi connectivity index (χ4n) is 2.68. The molecule has 2 aromatic carbocycles. The Morgan fingerprint density at radius 2 is 1.88 bits per heavy atom. The van der Waals surface area contributed by atoms with Gasteiger partial charge in [0.2, 0.25) is 0 Å². The van der Waals surface area contributed by atoms with Crippen molar-refractivity contribution in [2.75, 3.05) is 14.2 Å². The van der Waals surface area contributed by atoms with E-state index in [0.717, 1.165) is 5.69 Å². The van der Waals surface area contributed by atoms with Crippen LogP contribution in [0.4, 0.5) is 4.39 Å². The molecular weight excluding hydrogens is 319 g/mol. The predicted molar refractivity (Wildman–Crippen MR) is 94.5 cm³/mol. The molecule has 0 unspecified atom stereocenters. The van der Waals surface area contributed by atoms with Gasteiger partial charge in [0.25, 0.3) is 5.91 Å². The van der Waals surface area contributed by atoms with E-state index in [1.165, 1.54) is 13.2 Å². The first-order valence-electron chi connectivity index (χ1n) is 7.90. The molecule has 5 heteroatoms. The maximum atomic E-state index is 13.8. The zero-order valence-corrected chi connectivity index (χ0v) is 14.1. The lowest BCUT2D eigenvalue weighted by molar-refractivity contribution is 0.0785. The van der Waals surface area contributed by atoms with Gasteiger partial charge in [0.1, 0.15) is 0 Å². The van der Waals surface area contributed by atoms with Crippen molar-refractivity contribution in [1.82, 2.24) is 9.47 Å². The molecule has 1 heterocycles. The van der Waals surface area contributed by atoms with Crippen molar-refractivity contribution < 1.29 is 13.9 Å². The summed E-state index contributed by atoms with van der Waals surface area (Å²) in [5.41, 5.74) is 2.21. The Kier molecular flexibility index (Phi) is 4.84. The molecule has 1 aromatic heterocycles. The largest absolute Gasteiger partial charge is 0.494 e. The van der Waals surface area contributed by atoms with Gasteiger partial charge in [0, 0.05) is 37.2 Å². The van der Waals surface area contributed by atoms with Gasteiger partial charge in [-0.15, -0.1) is 0 Å². The van der Waals surface area contributed by atoms with Crippen LogP contribution in [-0.4, -0.2) is 29.5 Å². The number of halogens is 1. The fourth-order valence-corrected chi connectivity index (χ4v) is 2.68. The second kappa shape index (κ2) is 7.21. The van der Waals surface area contributed by atoms with Gasteiger partial charge in [-0.1, -0.05) is 12.1 Å². The summed E-state index contributed by atoms with van der Waals surface area (Å²) in [5, 5.41) is 0. The Morgan fingerprint density at radius 1 is 1.12 bits per heavy atom. The van der Waals surface area contributed by atoms with E-state index in [1.807, 2.05) is 47.3 Å². The van der Waals surface area contributed by atoms with Crippen molar-refractivity contribution in [3.63, 3.8) is 0 Å². The minimum absolute atomic E-state index is 0.120. The van der Waals surface area contributed by atoms with Gasteiger partial charge in [-0.05, 0) is 48.0 Å². The Hall–Kier alpha value is -3.08. The highest BCUT2D eigenvalue weighted by molar-refractivity contribution is 5.94. The lowest BCUT2D eigenvalue weighted by Crippen LogP contribution is -2.26. The summed E-state index contributed by atoms with van der Waals surface area (Å²) in [7, 11) is 3.12. The molecule has 3 rings (SSSR count). The monoisotopic (exact) mass is 338 g/mol. The zero-order chi connectivity index (χ0) is 17.8.